The zero-order valence-electron chi connectivity index (χ0n) is 10.0. The van der Waals surface area contributed by atoms with Crippen molar-refractivity contribution < 1.29 is 22.0 Å². The molecule has 0 bridgehead atoms. The first kappa shape index (κ1) is 13.9. The van der Waals surface area contributed by atoms with Gasteiger partial charge in [0.15, 0.2) is 21.5 Å². The van der Waals surface area contributed by atoms with Gasteiger partial charge in [-0.2, -0.15) is 0 Å². The van der Waals surface area contributed by atoms with Gasteiger partial charge in [0.05, 0.1) is 16.6 Å². The molecular weight excluding hydrogens is 276 g/mol. The van der Waals surface area contributed by atoms with Gasteiger partial charge in [0.25, 0.3) is 5.91 Å². The summed E-state index contributed by atoms with van der Waals surface area (Å²) in [5, 5.41) is 1.71. The lowest BCUT2D eigenvalue weighted by molar-refractivity contribution is 0.0948. The molecule has 1 aliphatic heterocycles. The molecule has 1 unspecified atom stereocenters. The molecule has 19 heavy (non-hydrogen) atoms. The van der Waals surface area contributed by atoms with E-state index in [0.29, 0.717) is 12.8 Å². The van der Waals surface area contributed by atoms with Crippen LogP contribution in [0.4, 0.5) is 8.78 Å². The Kier molecular flexibility index (Phi) is 3.84. The maximum atomic E-state index is 13.4. The van der Waals surface area contributed by atoms with E-state index in [4.69, 9.17) is 0 Å². The largest absolute Gasteiger partial charge is 0.351 e. The zero-order valence-corrected chi connectivity index (χ0v) is 10.8. The number of nitrogens with one attached hydrogen (secondary N) is 1. The molecule has 1 N–H and O–H groups in total. The molecule has 1 heterocycles. The number of amides is 1. The average molecular weight is 289 g/mol. The van der Waals surface area contributed by atoms with Crippen molar-refractivity contribution in [3.05, 3.63) is 35.4 Å². The van der Waals surface area contributed by atoms with Crippen LogP contribution in [-0.4, -0.2) is 31.9 Å². The average Bonchev–Trinajstić information content (AvgIpc) is 2.69. The van der Waals surface area contributed by atoms with Crippen LogP contribution in [0.1, 0.15) is 23.2 Å². The highest BCUT2D eigenvalue weighted by molar-refractivity contribution is 7.92. The van der Waals surface area contributed by atoms with Crippen LogP contribution in [-0.2, 0) is 9.84 Å². The number of carbonyl (C=O) groups excluding carboxylic acids is 1. The molecule has 104 valence electrons. The molecular formula is C12H13F2NO3S. The second kappa shape index (κ2) is 5.24. The number of hydrogen-bond acceptors (Lipinski definition) is 3. The first-order valence-electron chi connectivity index (χ1n) is 5.85. The molecule has 0 saturated carbocycles. The van der Waals surface area contributed by atoms with Gasteiger partial charge >= 0.3 is 0 Å². The lowest BCUT2D eigenvalue weighted by Crippen LogP contribution is -2.35. The topological polar surface area (TPSA) is 63.2 Å². The van der Waals surface area contributed by atoms with Gasteiger partial charge in [0, 0.05) is 6.54 Å². The molecule has 0 aromatic heterocycles. The first-order chi connectivity index (χ1) is 8.92. The lowest BCUT2D eigenvalue weighted by atomic mass is 10.2. The molecule has 1 saturated heterocycles. The van der Waals surface area contributed by atoms with Crippen LogP contribution in [0.15, 0.2) is 18.2 Å². The van der Waals surface area contributed by atoms with Crippen molar-refractivity contribution in [1.82, 2.24) is 5.32 Å². The van der Waals surface area contributed by atoms with Gasteiger partial charge in [-0.15, -0.1) is 0 Å². The maximum absolute atomic E-state index is 13.4. The van der Waals surface area contributed by atoms with E-state index in [1.54, 1.807) is 0 Å². The van der Waals surface area contributed by atoms with Gasteiger partial charge in [-0.3, -0.25) is 4.79 Å². The molecule has 1 aromatic carbocycles. The minimum absolute atomic E-state index is 0.0723. The van der Waals surface area contributed by atoms with Gasteiger partial charge in [-0.1, -0.05) is 6.07 Å². The standard InChI is InChI=1S/C12H13F2NO3S/c13-10-5-1-4-9(11(10)14)12(16)15-7-8-3-2-6-19(8,17)18/h1,4-5,8H,2-3,6-7H2,(H,15,16). The van der Waals surface area contributed by atoms with Crippen LogP contribution in [0.5, 0.6) is 0 Å². The molecule has 2 rings (SSSR count). The third-order valence-electron chi connectivity index (χ3n) is 3.15. The Balaban J connectivity index is 2.04. The minimum Gasteiger partial charge on any atom is -0.351 e. The van der Waals surface area contributed by atoms with E-state index in [1.165, 1.54) is 6.07 Å². The smallest absolute Gasteiger partial charge is 0.254 e. The Labute approximate surface area is 109 Å². The molecule has 4 nitrogen and oxygen atoms in total. The van der Waals surface area contributed by atoms with Gasteiger partial charge in [-0.25, -0.2) is 17.2 Å². The number of benzene rings is 1. The monoisotopic (exact) mass is 289 g/mol. The summed E-state index contributed by atoms with van der Waals surface area (Å²) < 4.78 is 49.4. The van der Waals surface area contributed by atoms with Crippen LogP contribution in [0.3, 0.4) is 0 Å². The van der Waals surface area contributed by atoms with Crippen molar-refractivity contribution in [2.24, 2.45) is 0 Å². The van der Waals surface area contributed by atoms with Gasteiger partial charge in [0.1, 0.15) is 0 Å². The summed E-state index contributed by atoms with van der Waals surface area (Å²) in [5.74, 6) is -3.03. The van der Waals surface area contributed by atoms with E-state index in [-0.39, 0.29) is 12.3 Å². The molecule has 0 aliphatic carbocycles. The lowest BCUT2D eigenvalue weighted by Gasteiger charge is -2.11. The van der Waals surface area contributed by atoms with Crippen molar-refractivity contribution >= 4 is 15.7 Å². The van der Waals surface area contributed by atoms with E-state index in [2.05, 4.69) is 5.32 Å². The highest BCUT2D eigenvalue weighted by Crippen LogP contribution is 2.19. The summed E-state index contributed by atoms with van der Waals surface area (Å²) in [6, 6.07) is 3.28. The maximum Gasteiger partial charge on any atom is 0.254 e. The fourth-order valence-corrected chi connectivity index (χ4v) is 3.83. The Morgan fingerprint density at radius 3 is 2.74 bits per heavy atom. The summed E-state index contributed by atoms with van der Waals surface area (Å²) in [7, 11) is -3.17. The van der Waals surface area contributed by atoms with Crippen LogP contribution in [0.25, 0.3) is 0 Å². The van der Waals surface area contributed by atoms with Gasteiger partial charge in [-0.05, 0) is 25.0 Å². The summed E-state index contributed by atoms with van der Waals surface area (Å²) in [5.41, 5.74) is -0.421. The number of carbonyl (C=O) groups is 1. The van der Waals surface area contributed by atoms with Crippen LogP contribution in [0.2, 0.25) is 0 Å². The molecule has 1 aliphatic rings. The predicted octanol–water partition coefficient (Wildman–Crippen LogP) is 1.27. The molecule has 0 spiro atoms. The van der Waals surface area contributed by atoms with E-state index in [9.17, 15) is 22.0 Å². The van der Waals surface area contributed by atoms with Crippen molar-refractivity contribution in [2.75, 3.05) is 12.3 Å². The van der Waals surface area contributed by atoms with E-state index in [1.807, 2.05) is 0 Å². The van der Waals surface area contributed by atoms with E-state index >= 15 is 0 Å². The Morgan fingerprint density at radius 2 is 2.11 bits per heavy atom. The van der Waals surface area contributed by atoms with Gasteiger partial charge in [0.2, 0.25) is 0 Å². The second-order valence-corrected chi connectivity index (χ2v) is 6.84. The molecule has 1 amide bonds. The Bertz CT molecular complexity index is 601. The zero-order chi connectivity index (χ0) is 14.0. The van der Waals surface area contributed by atoms with Gasteiger partial charge < -0.3 is 5.32 Å². The normalized spacial score (nSPS) is 21.3. The molecule has 1 atom stereocenters. The predicted molar refractivity (Wildman–Crippen MR) is 65.5 cm³/mol. The van der Waals surface area contributed by atoms with Crippen molar-refractivity contribution in [3.63, 3.8) is 0 Å². The van der Waals surface area contributed by atoms with Crippen molar-refractivity contribution in [3.8, 4) is 0 Å². The number of sulfone groups is 1. The summed E-state index contributed by atoms with van der Waals surface area (Å²) in [6.45, 7) is -0.0723. The number of rotatable bonds is 3. The van der Waals surface area contributed by atoms with Crippen molar-refractivity contribution in [2.45, 2.75) is 18.1 Å². The first-order valence-corrected chi connectivity index (χ1v) is 7.57. The SMILES string of the molecule is O=C(NCC1CCCS1(=O)=O)c1cccc(F)c1F. The summed E-state index contributed by atoms with van der Waals surface area (Å²) >= 11 is 0. The molecule has 7 heteroatoms. The number of halogens is 2. The third kappa shape index (κ3) is 2.91. The highest BCUT2D eigenvalue weighted by atomic mass is 32.2. The van der Waals surface area contributed by atoms with Crippen LogP contribution < -0.4 is 5.32 Å². The second-order valence-electron chi connectivity index (χ2n) is 4.44. The van der Waals surface area contributed by atoms with E-state index in [0.717, 1.165) is 12.1 Å². The van der Waals surface area contributed by atoms with Crippen LogP contribution >= 0.6 is 0 Å². The molecule has 1 fully saturated rings. The summed E-state index contributed by atoms with van der Waals surface area (Å²) in [6.07, 6.45) is 1.05. The number of hydrogen-bond donors (Lipinski definition) is 1. The quantitative estimate of drug-likeness (QED) is 0.911. The van der Waals surface area contributed by atoms with Crippen LogP contribution in [0, 0.1) is 11.6 Å². The molecule has 0 radical (unpaired) electrons. The molecule has 1 aromatic rings. The Morgan fingerprint density at radius 1 is 1.37 bits per heavy atom. The third-order valence-corrected chi connectivity index (χ3v) is 5.43. The minimum atomic E-state index is -3.17. The van der Waals surface area contributed by atoms with Crippen molar-refractivity contribution in [1.29, 1.82) is 0 Å². The fraction of sp³-hybridized carbons (Fsp3) is 0.417. The Hall–Kier alpha value is -1.50. The summed E-state index contributed by atoms with van der Waals surface area (Å²) in [4.78, 5) is 11.7. The highest BCUT2D eigenvalue weighted by Gasteiger charge is 2.31. The fourth-order valence-electron chi connectivity index (χ4n) is 2.07. The van der Waals surface area contributed by atoms with E-state index < -0.39 is 38.2 Å².